The monoisotopic (exact) mass is 222 g/mol. The predicted molar refractivity (Wildman–Crippen MR) is 55.1 cm³/mol. The van der Waals surface area contributed by atoms with Crippen LogP contribution in [0.5, 0.6) is 0 Å². The van der Waals surface area contributed by atoms with E-state index in [0.717, 1.165) is 5.75 Å². The van der Waals surface area contributed by atoms with Crippen molar-refractivity contribution in [3.05, 3.63) is 0 Å². The molecule has 0 aromatic carbocycles. The molecule has 0 saturated carbocycles. The fraction of sp³-hybridized carbons (Fsp3) is 1.00. The van der Waals surface area contributed by atoms with Crippen LogP contribution in [0.2, 0.25) is 0 Å². The van der Waals surface area contributed by atoms with Crippen molar-refractivity contribution in [2.24, 2.45) is 5.92 Å². The first-order chi connectivity index (χ1) is 6.61. The molecule has 84 valence electrons. The molecule has 1 rings (SSSR count). The van der Waals surface area contributed by atoms with E-state index in [1.165, 1.54) is 11.8 Å². The summed E-state index contributed by atoms with van der Waals surface area (Å²) in [6.45, 7) is 3.60. The molecule has 0 amide bonds. The lowest BCUT2D eigenvalue weighted by molar-refractivity contribution is -0.176. The van der Waals surface area contributed by atoms with Crippen LogP contribution in [-0.2, 0) is 4.74 Å². The lowest BCUT2D eigenvalue weighted by Crippen LogP contribution is -2.53. The van der Waals surface area contributed by atoms with Gasteiger partial charge in [0, 0.05) is 5.92 Å². The summed E-state index contributed by atoms with van der Waals surface area (Å²) in [5.74, 6) is 0.574. The molecule has 3 N–H and O–H groups in total. The van der Waals surface area contributed by atoms with Crippen LogP contribution in [0, 0.1) is 5.92 Å². The Hall–Kier alpha value is 0.190. The van der Waals surface area contributed by atoms with Gasteiger partial charge in [-0.25, -0.2) is 0 Å². The molecule has 0 aliphatic carbocycles. The van der Waals surface area contributed by atoms with Crippen molar-refractivity contribution in [2.45, 2.75) is 37.6 Å². The van der Waals surface area contributed by atoms with Crippen molar-refractivity contribution in [3.8, 4) is 0 Å². The van der Waals surface area contributed by atoms with Gasteiger partial charge in [0.15, 0.2) is 0 Å². The summed E-state index contributed by atoms with van der Waals surface area (Å²) in [6.07, 6.45) is -2.06. The summed E-state index contributed by atoms with van der Waals surface area (Å²) >= 11 is 1.44. The van der Waals surface area contributed by atoms with Crippen LogP contribution in [-0.4, -0.2) is 51.4 Å². The van der Waals surface area contributed by atoms with Crippen molar-refractivity contribution in [1.29, 1.82) is 0 Å². The van der Waals surface area contributed by atoms with Gasteiger partial charge in [0.2, 0.25) is 0 Å². The molecule has 5 atom stereocenters. The Labute approximate surface area is 88.3 Å². The largest absolute Gasteiger partial charge is 0.394 e. The Morgan fingerprint density at radius 1 is 1.29 bits per heavy atom. The van der Waals surface area contributed by atoms with Crippen LogP contribution in [0.25, 0.3) is 0 Å². The highest BCUT2D eigenvalue weighted by atomic mass is 32.2. The van der Waals surface area contributed by atoms with Crippen molar-refractivity contribution in [3.63, 3.8) is 0 Å². The molecule has 0 aromatic rings. The summed E-state index contributed by atoms with van der Waals surface area (Å²) in [4.78, 5) is 0. The highest BCUT2D eigenvalue weighted by Gasteiger charge is 2.41. The standard InChI is InChI=1S/C9H18O4S/c1-3-14-9-8(12)7(11)5(2)6(4-10)13-9/h5-12H,3-4H2,1-2H3. The van der Waals surface area contributed by atoms with Crippen LogP contribution < -0.4 is 0 Å². The molecule has 4 nitrogen and oxygen atoms in total. The summed E-state index contributed by atoms with van der Waals surface area (Å²) in [5.41, 5.74) is -0.427. The molecule has 1 heterocycles. The van der Waals surface area contributed by atoms with Crippen molar-refractivity contribution in [2.75, 3.05) is 12.4 Å². The van der Waals surface area contributed by atoms with E-state index in [2.05, 4.69) is 0 Å². The van der Waals surface area contributed by atoms with E-state index >= 15 is 0 Å². The molecule has 0 aromatic heterocycles. The minimum atomic E-state index is -0.863. The van der Waals surface area contributed by atoms with Crippen LogP contribution in [0.1, 0.15) is 13.8 Å². The highest BCUT2D eigenvalue weighted by Crippen LogP contribution is 2.31. The molecule has 1 fully saturated rings. The van der Waals surface area contributed by atoms with E-state index < -0.39 is 17.6 Å². The van der Waals surface area contributed by atoms with Gasteiger partial charge in [-0.15, -0.1) is 11.8 Å². The predicted octanol–water partition coefficient (Wildman–Crippen LogP) is -0.185. The maximum Gasteiger partial charge on any atom is 0.132 e. The lowest BCUT2D eigenvalue weighted by atomic mass is 9.92. The highest BCUT2D eigenvalue weighted by molar-refractivity contribution is 7.99. The maximum atomic E-state index is 9.69. The number of ether oxygens (including phenoxy) is 1. The van der Waals surface area contributed by atoms with Gasteiger partial charge in [-0.05, 0) is 5.75 Å². The molecular formula is C9H18O4S. The Morgan fingerprint density at radius 2 is 1.93 bits per heavy atom. The minimum absolute atomic E-state index is 0.119. The van der Waals surface area contributed by atoms with E-state index in [1.807, 2.05) is 6.92 Å². The van der Waals surface area contributed by atoms with E-state index in [1.54, 1.807) is 6.92 Å². The first kappa shape index (κ1) is 12.3. The van der Waals surface area contributed by atoms with E-state index in [-0.39, 0.29) is 18.6 Å². The minimum Gasteiger partial charge on any atom is -0.394 e. The SMILES string of the molecule is CCSC1OC(CO)C(C)C(O)C1O. The van der Waals surface area contributed by atoms with Gasteiger partial charge in [-0.1, -0.05) is 13.8 Å². The number of aliphatic hydroxyl groups is 3. The fourth-order valence-corrected chi connectivity index (χ4v) is 2.49. The van der Waals surface area contributed by atoms with Gasteiger partial charge in [0.1, 0.15) is 11.5 Å². The number of rotatable bonds is 3. The van der Waals surface area contributed by atoms with Gasteiger partial charge in [-0.2, -0.15) is 0 Å². The second-order valence-electron chi connectivity index (χ2n) is 3.52. The molecule has 1 saturated heterocycles. The van der Waals surface area contributed by atoms with E-state index in [9.17, 15) is 10.2 Å². The third-order valence-electron chi connectivity index (χ3n) is 2.57. The van der Waals surface area contributed by atoms with Crippen LogP contribution >= 0.6 is 11.8 Å². The Balaban J connectivity index is 2.63. The Morgan fingerprint density at radius 3 is 2.43 bits per heavy atom. The van der Waals surface area contributed by atoms with Gasteiger partial charge in [0.05, 0.1) is 18.8 Å². The first-order valence-electron chi connectivity index (χ1n) is 4.85. The van der Waals surface area contributed by atoms with Crippen molar-refractivity contribution in [1.82, 2.24) is 0 Å². The van der Waals surface area contributed by atoms with Crippen LogP contribution in [0.4, 0.5) is 0 Å². The molecule has 5 unspecified atom stereocenters. The van der Waals surface area contributed by atoms with Crippen LogP contribution in [0.15, 0.2) is 0 Å². The summed E-state index contributed by atoms with van der Waals surface area (Å²) in [7, 11) is 0. The van der Waals surface area contributed by atoms with Gasteiger partial charge < -0.3 is 20.1 Å². The summed E-state index contributed by atoms with van der Waals surface area (Å²) in [5, 5.41) is 28.4. The quantitative estimate of drug-likeness (QED) is 0.618. The summed E-state index contributed by atoms with van der Waals surface area (Å²) < 4.78 is 5.47. The van der Waals surface area contributed by atoms with Crippen molar-refractivity contribution >= 4 is 11.8 Å². The fourth-order valence-electron chi connectivity index (χ4n) is 1.58. The van der Waals surface area contributed by atoms with Crippen molar-refractivity contribution < 1.29 is 20.1 Å². The molecule has 5 heteroatoms. The number of thioether (sulfide) groups is 1. The normalized spacial score (nSPS) is 43.9. The third kappa shape index (κ3) is 2.41. The average Bonchev–Trinajstić information content (AvgIpc) is 2.19. The second kappa shape index (κ2) is 5.32. The molecule has 1 aliphatic rings. The lowest BCUT2D eigenvalue weighted by Gasteiger charge is -2.40. The zero-order valence-corrected chi connectivity index (χ0v) is 9.28. The zero-order valence-electron chi connectivity index (χ0n) is 8.46. The first-order valence-corrected chi connectivity index (χ1v) is 5.90. The number of hydrogen-bond acceptors (Lipinski definition) is 5. The summed E-state index contributed by atoms with van der Waals surface area (Å²) in [6, 6.07) is 0. The average molecular weight is 222 g/mol. The van der Waals surface area contributed by atoms with E-state index in [0.29, 0.717) is 0 Å². The Bertz CT molecular complexity index is 174. The molecule has 0 bridgehead atoms. The third-order valence-corrected chi connectivity index (χ3v) is 3.63. The molecule has 14 heavy (non-hydrogen) atoms. The van der Waals surface area contributed by atoms with Gasteiger partial charge >= 0.3 is 0 Å². The topological polar surface area (TPSA) is 69.9 Å². The van der Waals surface area contributed by atoms with Gasteiger partial charge in [-0.3, -0.25) is 0 Å². The van der Waals surface area contributed by atoms with Gasteiger partial charge in [0.25, 0.3) is 0 Å². The maximum absolute atomic E-state index is 9.69. The van der Waals surface area contributed by atoms with Crippen LogP contribution in [0.3, 0.4) is 0 Å². The molecule has 0 radical (unpaired) electrons. The number of hydrogen-bond donors (Lipinski definition) is 3. The molecule has 1 aliphatic heterocycles. The van der Waals surface area contributed by atoms with E-state index in [4.69, 9.17) is 9.84 Å². The number of aliphatic hydroxyl groups excluding tert-OH is 3. The smallest absolute Gasteiger partial charge is 0.132 e. The second-order valence-corrected chi connectivity index (χ2v) is 4.90. The molecular weight excluding hydrogens is 204 g/mol. The zero-order chi connectivity index (χ0) is 10.7. The molecule has 0 spiro atoms. The Kier molecular flexibility index (Phi) is 4.66.